The van der Waals surface area contributed by atoms with Gasteiger partial charge in [-0.2, -0.15) is 0 Å². The lowest BCUT2D eigenvalue weighted by atomic mass is 9.96. The van der Waals surface area contributed by atoms with E-state index in [-0.39, 0.29) is 5.41 Å². The van der Waals surface area contributed by atoms with Crippen LogP contribution in [-0.2, 0) is 5.41 Å². The second-order valence-electron chi connectivity index (χ2n) is 6.17. The first-order chi connectivity index (χ1) is 9.89. The average molecular weight is 281 g/mol. The molecule has 0 atom stereocenters. The van der Waals surface area contributed by atoms with E-state index < -0.39 is 0 Å². The summed E-state index contributed by atoms with van der Waals surface area (Å²) in [5, 5.41) is 1.05. The van der Waals surface area contributed by atoms with Gasteiger partial charge in [0.2, 0.25) is 0 Å². The molecule has 0 amide bonds. The van der Waals surface area contributed by atoms with Crippen molar-refractivity contribution in [3.05, 3.63) is 42.4 Å². The fraction of sp³-hybridized carbons (Fsp3) is 0.250. The molecule has 3 rings (SSSR count). The molecule has 21 heavy (non-hydrogen) atoms. The molecule has 0 saturated heterocycles. The lowest BCUT2D eigenvalue weighted by Crippen LogP contribution is -2.24. The molecule has 0 radical (unpaired) electrons. The minimum Gasteiger partial charge on any atom is -0.382 e. The van der Waals surface area contributed by atoms with E-state index in [0.29, 0.717) is 11.5 Å². The smallest absolute Gasteiger partial charge is 0.150 e. The monoisotopic (exact) mass is 281 g/mol. The van der Waals surface area contributed by atoms with Crippen LogP contribution < -0.4 is 11.6 Å². The summed E-state index contributed by atoms with van der Waals surface area (Å²) in [5.74, 6) is 7.29. The number of rotatable bonds is 1. The molecule has 0 aliphatic rings. The highest BCUT2D eigenvalue weighted by molar-refractivity contribution is 5.94. The Kier molecular flexibility index (Phi) is 2.86. The summed E-state index contributed by atoms with van der Waals surface area (Å²) in [6.45, 7) is 6.18. The normalized spacial score (nSPS) is 12.0. The highest BCUT2D eigenvalue weighted by Crippen LogP contribution is 2.33. The van der Waals surface area contributed by atoms with Gasteiger partial charge in [0.05, 0.1) is 5.52 Å². The van der Waals surface area contributed by atoms with Crippen LogP contribution in [0.25, 0.3) is 22.2 Å². The van der Waals surface area contributed by atoms with Crippen molar-refractivity contribution < 1.29 is 0 Å². The van der Waals surface area contributed by atoms with Crippen LogP contribution in [0.5, 0.6) is 0 Å². The van der Waals surface area contributed by atoms with Gasteiger partial charge in [0.25, 0.3) is 0 Å². The molecule has 0 saturated carbocycles. The van der Waals surface area contributed by atoms with Crippen molar-refractivity contribution in [2.45, 2.75) is 26.2 Å². The number of nitrogens with two attached hydrogens (primary N) is 2. The Labute approximate surface area is 123 Å². The highest BCUT2D eigenvalue weighted by atomic mass is 15.4. The second-order valence-corrected chi connectivity index (χ2v) is 6.17. The second kappa shape index (κ2) is 4.48. The van der Waals surface area contributed by atoms with Crippen LogP contribution in [0.15, 0.2) is 36.5 Å². The van der Waals surface area contributed by atoms with Gasteiger partial charge in [-0.3, -0.25) is 4.98 Å². The standard InChI is InChI=1S/C16H19N5/c1-16(2,3)15-20-13(14(17)21(15)18)11-8-4-6-10-7-5-9-19-12(10)11/h4-9H,17-18H2,1-3H3. The third-order valence-electron chi connectivity index (χ3n) is 3.51. The number of hydrogen-bond acceptors (Lipinski definition) is 4. The molecule has 0 aliphatic heterocycles. The molecular formula is C16H19N5. The number of pyridine rings is 1. The number of nitrogen functional groups attached to an aromatic ring is 2. The molecule has 0 bridgehead atoms. The van der Waals surface area contributed by atoms with Crippen LogP contribution in [0.1, 0.15) is 26.6 Å². The van der Waals surface area contributed by atoms with Crippen LogP contribution in [0, 0.1) is 0 Å². The number of imidazole rings is 1. The molecule has 4 N–H and O–H groups in total. The van der Waals surface area contributed by atoms with E-state index in [1.165, 1.54) is 4.68 Å². The van der Waals surface area contributed by atoms with E-state index in [0.717, 1.165) is 22.3 Å². The lowest BCUT2D eigenvalue weighted by Gasteiger charge is -2.17. The zero-order valence-corrected chi connectivity index (χ0v) is 12.5. The van der Waals surface area contributed by atoms with E-state index in [2.05, 4.69) is 30.7 Å². The van der Waals surface area contributed by atoms with E-state index in [1.54, 1.807) is 6.20 Å². The van der Waals surface area contributed by atoms with E-state index in [9.17, 15) is 0 Å². The topological polar surface area (TPSA) is 82.8 Å². The number of aromatic nitrogens is 3. The molecular weight excluding hydrogens is 262 g/mol. The molecule has 0 spiro atoms. The van der Waals surface area contributed by atoms with Crippen molar-refractivity contribution in [1.29, 1.82) is 0 Å². The van der Waals surface area contributed by atoms with E-state index >= 15 is 0 Å². The SMILES string of the molecule is CC(C)(C)c1nc(-c2cccc3cccnc23)c(N)n1N. The van der Waals surface area contributed by atoms with Crippen LogP contribution in [0.4, 0.5) is 5.82 Å². The number of fused-ring (bicyclic) bond motifs is 1. The molecule has 3 aromatic rings. The molecule has 5 heteroatoms. The lowest BCUT2D eigenvalue weighted by molar-refractivity contribution is 0.532. The summed E-state index contributed by atoms with van der Waals surface area (Å²) < 4.78 is 1.47. The molecule has 0 aliphatic carbocycles. The minimum absolute atomic E-state index is 0.181. The fourth-order valence-electron chi connectivity index (χ4n) is 2.47. The van der Waals surface area contributed by atoms with Gasteiger partial charge in [-0.25, -0.2) is 9.66 Å². The van der Waals surface area contributed by atoms with Crippen molar-refractivity contribution in [1.82, 2.24) is 14.6 Å². The summed E-state index contributed by atoms with van der Waals surface area (Å²) in [5.41, 5.74) is 8.46. The summed E-state index contributed by atoms with van der Waals surface area (Å²) in [4.78, 5) is 9.13. The average Bonchev–Trinajstić information content (AvgIpc) is 2.75. The zero-order chi connectivity index (χ0) is 15.2. The summed E-state index contributed by atoms with van der Waals surface area (Å²) in [6, 6.07) is 9.90. The number of anilines is 1. The first-order valence-electron chi connectivity index (χ1n) is 6.87. The van der Waals surface area contributed by atoms with Gasteiger partial charge in [-0.15, -0.1) is 0 Å². The number of para-hydroxylation sites is 1. The highest BCUT2D eigenvalue weighted by Gasteiger charge is 2.25. The Balaban J connectivity index is 2.29. The van der Waals surface area contributed by atoms with Gasteiger partial charge in [0, 0.05) is 22.6 Å². The van der Waals surface area contributed by atoms with Crippen LogP contribution in [0.2, 0.25) is 0 Å². The maximum Gasteiger partial charge on any atom is 0.150 e. The molecule has 108 valence electrons. The third-order valence-corrected chi connectivity index (χ3v) is 3.51. The van der Waals surface area contributed by atoms with Gasteiger partial charge in [-0.05, 0) is 6.07 Å². The van der Waals surface area contributed by atoms with Gasteiger partial charge in [-0.1, -0.05) is 45.0 Å². The predicted molar refractivity (Wildman–Crippen MR) is 86.2 cm³/mol. The molecule has 1 aromatic carbocycles. The van der Waals surface area contributed by atoms with Crippen LogP contribution >= 0.6 is 0 Å². The molecule has 0 unspecified atom stereocenters. The Morgan fingerprint density at radius 2 is 1.81 bits per heavy atom. The minimum atomic E-state index is -0.181. The fourth-order valence-corrected chi connectivity index (χ4v) is 2.47. The van der Waals surface area contributed by atoms with Crippen molar-refractivity contribution in [3.63, 3.8) is 0 Å². The third kappa shape index (κ3) is 2.11. The largest absolute Gasteiger partial charge is 0.382 e. The molecule has 2 heterocycles. The maximum atomic E-state index is 6.17. The molecule has 2 aromatic heterocycles. The van der Waals surface area contributed by atoms with Crippen molar-refractivity contribution in [2.75, 3.05) is 11.6 Å². The maximum absolute atomic E-state index is 6.17. The number of hydrogen-bond donors (Lipinski definition) is 2. The van der Waals surface area contributed by atoms with Crippen LogP contribution in [0.3, 0.4) is 0 Å². The first-order valence-corrected chi connectivity index (χ1v) is 6.87. The number of nitrogens with zero attached hydrogens (tertiary/aromatic N) is 3. The predicted octanol–water partition coefficient (Wildman–Crippen LogP) is 2.69. The van der Waals surface area contributed by atoms with Crippen molar-refractivity contribution >= 4 is 16.7 Å². The summed E-state index contributed by atoms with van der Waals surface area (Å²) >= 11 is 0. The van der Waals surface area contributed by atoms with Crippen LogP contribution in [-0.4, -0.2) is 14.6 Å². The Morgan fingerprint density at radius 3 is 2.48 bits per heavy atom. The Morgan fingerprint density at radius 1 is 1.10 bits per heavy atom. The van der Waals surface area contributed by atoms with Gasteiger partial charge < -0.3 is 11.6 Å². The quantitative estimate of drug-likeness (QED) is 0.672. The molecule has 5 nitrogen and oxygen atoms in total. The zero-order valence-electron chi connectivity index (χ0n) is 12.5. The first kappa shape index (κ1) is 13.4. The Hall–Kier alpha value is -2.56. The summed E-state index contributed by atoms with van der Waals surface area (Å²) in [7, 11) is 0. The summed E-state index contributed by atoms with van der Waals surface area (Å²) in [6.07, 6.45) is 1.77. The van der Waals surface area contributed by atoms with E-state index in [1.807, 2.05) is 30.3 Å². The Bertz CT molecular complexity index is 806. The number of benzene rings is 1. The van der Waals surface area contributed by atoms with Gasteiger partial charge >= 0.3 is 0 Å². The van der Waals surface area contributed by atoms with Gasteiger partial charge in [0.15, 0.2) is 5.82 Å². The van der Waals surface area contributed by atoms with Gasteiger partial charge in [0.1, 0.15) is 11.5 Å². The van der Waals surface area contributed by atoms with E-state index in [4.69, 9.17) is 11.6 Å². The van der Waals surface area contributed by atoms with Crippen molar-refractivity contribution in [3.8, 4) is 11.3 Å². The molecule has 0 fully saturated rings. The van der Waals surface area contributed by atoms with Crippen molar-refractivity contribution in [2.24, 2.45) is 0 Å².